The zero-order valence-corrected chi connectivity index (χ0v) is 22.7. The molecule has 0 aromatic rings. The van der Waals surface area contributed by atoms with E-state index in [1.807, 2.05) is 0 Å². The maximum Gasteiger partial charge on any atom is 0.331 e. The van der Waals surface area contributed by atoms with Crippen LogP contribution in [0.1, 0.15) is 79.1 Å². The van der Waals surface area contributed by atoms with E-state index in [2.05, 4.69) is 53.0 Å². The van der Waals surface area contributed by atoms with Gasteiger partial charge in [0.1, 0.15) is 0 Å². The van der Waals surface area contributed by atoms with Gasteiger partial charge < -0.3 is 20.4 Å². The predicted octanol–water partition coefficient (Wildman–Crippen LogP) is 4.83. The fraction of sp³-hybridized carbons (Fsp3) is 0.815. The van der Waals surface area contributed by atoms with Crippen molar-refractivity contribution < 1.29 is 25.2 Å². The third kappa shape index (κ3) is 3.84. The first-order chi connectivity index (χ1) is 15.8. The summed E-state index contributed by atoms with van der Waals surface area (Å²) in [6.45, 7) is 9.00. The van der Waals surface area contributed by atoms with Gasteiger partial charge in [0.25, 0.3) is 0 Å². The summed E-state index contributed by atoms with van der Waals surface area (Å²) in [5.74, 6) is -0.510. The third-order valence-corrected chi connectivity index (χ3v) is 11.4. The highest BCUT2D eigenvalue weighted by molar-refractivity contribution is 8.05. The Bertz CT molecular complexity index is 897. The normalized spacial score (nSPS) is 49.5. The zero-order chi connectivity index (χ0) is 25.2. The van der Waals surface area contributed by atoms with Gasteiger partial charge in [0.05, 0.1) is 18.3 Å². The molecule has 34 heavy (non-hydrogen) atoms. The van der Waals surface area contributed by atoms with Gasteiger partial charge in [0, 0.05) is 9.81 Å². The molecule has 0 aromatic carbocycles. The van der Waals surface area contributed by atoms with E-state index in [1.165, 1.54) is 0 Å². The number of carbonyl (C=O) groups is 1. The van der Waals surface area contributed by atoms with E-state index in [1.54, 1.807) is 6.08 Å². The first-order valence-corrected chi connectivity index (χ1v) is 13.8. The molecule has 0 amide bonds. The topological polar surface area (TPSA) is 98.0 Å². The fourth-order valence-electron chi connectivity index (χ4n) is 9.36. The van der Waals surface area contributed by atoms with Gasteiger partial charge in [-0.25, -0.2) is 4.79 Å². The third-order valence-electron chi connectivity index (χ3n) is 11.1. The molecule has 192 valence electrons. The molecule has 0 aliphatic heterocycles. The van der Waals surface area contributed by atoms with Crippen molar-refractivity contribution >= 4 is 31.2 Å². The Morgan fingerprint density at radius 1 is 1.06 bits per heavy atom. The number of allylic oxidation sites excluding steroid dienone is 1. The number of aliphatic carboxylic acids is 1. The van der Waals surface area contributed by atoms with Gasteiger partial charge in [0.2, 0.25) is 0 Å². The van der Waals surface area contributed by atoms with E-state index in [0.717, 1.165) is 25.7 Å². The van der Waals surface area contributed by atoms with E-state index in [-0.39, 0.29) is 45.7 Å². The molecule has 0 radical (unpaired) electrons. The lowest BCUT2D eigenvalue weighted by Gasteiger charge is -2.69. The van der Waals surface area contributed by atoms with E-state index in [0.29, 0.717) is 41.4 Å². The molecule has 0 aromatic heterocycles. The molecule has 4 aliphatic rings. The molecule has 4 fully saturated rings. The second-order valence-electron chi connectivity index (χ2n) is 12.3. The number of rotatable bonds is 4. The standard InChI is InChI=1S/C27H42O5S2/c1-14-16-8-11-26(3)23(25(16,2)10-9-18(14)28)19(29)12-17-22(20(30)13-27(17,26)4)15(24(31)32)6-5-7-21(33)34/h7,14,16-20,23,28-30,33-34H,5-6,8-13H2,1-4H3,(H,31,32)/b22-15-/t14-,16-,17-,18+,19+,20-,23-,25-,26-,27-/m0/s1. The lowest BCUT2D eigenvalue weighted by Crippen LogP contribution is -2.65. The fourth-order valence-corrected chi connectivity index (χ4v) is 9.61. The van der Waals surface area contributed by atoms with Gasteiger partial charge in [-0.05, 0) is 96.9 Å². The summed E-state index contributed by atoms with van der Waals surface area (Å²) in [6, 6.07) is 0. The first-order valence-electron chi connectivity index (χ1n) is 12.9. The Kier molecular flexibility index (Phi) is 7.14. The van der Waals surface area contributed by atoms with Crippen LogP contribution >= 0.6 is 25.3 Å². The van der Waals surface area contributed by atoms with E-state index < -0.39 is 18.2 Å². The molecule has 0 heterocycles. The molecule has 4 aliphatic carbocycles. The van der Waals surface area contributed by atoms with Gasteiger partial charge in [-0.2, -0.15) is 0 Å². The minimum absolute atomic E-state index is 0.0636. The Hall–Kier alpha value is -0.470. The summed E-state index contributed by atoms with van der Waals surface area (Å²) in [5, 5.41) is 43.7. The predicted molar refractivity (Wildman–Crippen MR) is 140 cm³/mol. The summed E-state index contributed by atoms with van der Waals surface area (Å²) in [7, 11) is 0. The lowest BCUT2D eigenvalue weighted by atomic mass is 9.36. The van der Waals surface area contributed by atoms with Crippen LogP contribution in [0.3, 0.4) is 0 Å². The Labute approximate surface area is 214 Å². The van der Waals surface area contributed by atoms with Crippen LogP contribution in [-0.2, 0) is 4.79 Å². The highest BCUT2D eigenvalue weighted by Gasteiger charge is 2.70. The largest absolute Gasteiger partial charge is 0.478 e. The molecule has 0 saturated heterocycles. The summed E-state index contributed by atoms with van der Waals surface area (Å²) in [6.07, 6.45) is 5.53. The van der Waals surface area contributed by atoms with Gasteiger partial charge in [-0.1, -0.05) is 33.8 Å². The van der Waals surface area contributed by atoms with Gasteiger partial charge in [0.15, 0.2) is 0 Å². The molecule has 10 atom stereocenters. The van der Waals surface area contributed by atoms with Crippen LogP contribution in [0.4, 0.5) is 0 Å². The van der Waals surface area contributed by atoms with Crippen LogP contribution in [0.5, 0.6) is 0 Å². The monoisotopic (exact) mass is 510 g/mol. The van der Waals surface area contributed by atoms with Crippen molar-refractivity contribution in [1.29, 1.82) is 0 Å². The van der Waals surface area contributed by atoms with E-state index in [9.17, 15) is 25.2 Å². The Morgan fingerprint density at radius 3 is 2.35 bits per heavy atom. The smallest absolute Gasteiger partial charge is 0.331 e. The number of carboxylic acid groups (broad SMARTS) is 1. The molecule has 0 spiro atoms. The van der Waals surface area contributed by atoms with Crippen molar-refractivity contribution in [1.82, 2.24) is 0 Å². The quantitative estimate of drug-likeness (QED) is 0.240. The van der Waals surface area contributed by atoms with Crippen LogP contribution in [0.2, 0.25) is 0 Å². The Morgan fingerprint density at radius 2 is 1.74 bits per heavy atom. The number of aliphatic hydroxyl groups excluding tert-OH is 3. The summed E-state index contributed by atoms with van der Waals surface area (Å²) in [5.41, 5.74) is 0.309. The van der Waals surface area contributed by atoms with Crippen LogP contribution in [0, 0.1) is 39.9 Å². The van der Waals surface area contributed by atoms with Crippen molar-refractivity contribution in [2.24, 2.45) is 39.9 Å². The summed E-state index contributed by atoms with van der Waals surface area (Å²) >= 11 is 8.33. The number of hydrogen-bond acceptors (Lipinski definition) is 6. The molecule has 4 N–H and O–H groups in total. The van der Waals surface area contributed by atoms with Crippen molar-refractivity contribution in [3.05, 3.63) is 21.5 Å². The molecule has 0 bridgehead atoms. The molecular formula is C27H42O5S2. The van der Waals surface area contributed by atoms with Crippen LogP contribution < -0.4 is 0 Å². The van der Waals surface area contributed by atoms with Crippen LogP contribution in [0.25, 0.3) is 0 Å². The van der Waals surface area contributed by atoms with Gasteiger partial charge in [-0.15, -0.1) is 25.3 Å². The number of fused-ring (bicyclic) bond motifs is 5. The van der Waals surface area contributed by atoms with Crippen molar-refractivity contribution in [3.63, 3.8) is 0 Å². The molecule has 0 unspecified atom stereocenters. The minimum Gasteiger partial charge on any atom is -0.478 e. The van der Waals surface area contributed by atoms with E-state index >= 15 is 0 Å². The number of thiol groups is 2. The number of hydrogen-bond donors (Lipinski definition) is 6. The SMILES string of the molecule is C[C@@H]1[C@H](O)CC[C@@]2(C)[C@H]1CC[C@@]1(C)[C@H]2[C@H](O)C[C@H]2/C(=C(\CCC=C(S)S)C(=O)O)[C@@H](O)C[C@@]21C. The molecule has 7 heteroatoms. The average molecular weight is 511 g/mol. The van der Waals surface area contributed by atoms with Gasteiger partial charge in [-0.3, -0.25) is 0 Å². The van der Waals surface area contributed by atoms with Crippen LogP contribution in [-0.4, -0.2) is 44.7 Å². The lowest BCUT2D eigenvalue weighted by molar-refractivity contribution is -0.233. The summed E-state index contributed by atoms with van der Waals surface area (Å²) in [4.78, 5) is 12.3. The van der Waals surface area contributed by atoms with Crippen molar-refractivity contribution in [2.45, 2.75) is 97.4 Å². The average Bonchev–Trinajstić information content (AvgIpc) is 2.99. The zero-order valence-electron chi connectivity index (χ0n) is 20.9. The highest BCUT2D eigenvalue weighted by atomic mass is 32.2. The van der Waals surface area contributed by atoms with Crippen LogP contribution in [0.15, 0.2) is 21.5 Å². The number of carboxylic acids is 1. The highest BCUT2D eigenvalue weighted by Crippen LogP contribution is 2.74. The Balaban J connectivity index is 1.76. The first kappa shape index (κ1) is 26.6. The molecule has 4 saturated carbocycles. The second-order valence-corrected chi connectivity index (χ2v) is 13.7. The second kappa shape index (κ2) is 9.13. The van der Waals surface area contributed by atoms with Crippen molar-refractivity contribution in [3.8, 4) is 0 Å². The maximum atomic E-state index is 12.3. The van der Waals surface area contributed by atoms with Gasteiger partial charge >= 0.3 is 5.97 Å². The van der Waals surface area contributed by atoms with E-state index in [4.69, 9.17) is 0 Å². The van der Waals surface area contributed by atoms with Crippen molar-refractivity contribution in [2.75, 3.05) is 0 Å². The summed E-state index contributed by atoms with van der Waals surface area (Å²) < 4.78 is 0.548. The molecule has 4 rings (SSSR count). The molecular weight excluding hydrogens is 468 g/mol. The minimum atomic E-state index is -0.987. The number of aliphatic hydroxyl groups is 3. The maximum absolute atomic E-state index is 12.3. The molecule has 5 nitrogen and oxygen atoms in total.